The molecule has 1 aliphatic rings. The quantitative estimate of drug-likeness (QED) is 0.579. The molecule has 0 atom stereocenters. The highest BCUT2D eigenvalue weighted by molar-refractivity contribution is 8.19. The largest absolute Gasteiger partial charge is 0.490 e. The van der Waals surface area contributed by atoms with Crippen LogP contribution in [0.25, 0.3) is 6.08 Å². The van der Waals surface area contributed by atoms with Crippen LogP contribution in [0.2, 0.25) is 5.02 Å². The van der Waals surface area contributed by atoms with Crippen molar-refractivity contribution in [2.45, 2.75) is 13.3 Å². The summed E-state index contributed by atoms with van der Waals surface area (Å²) in [5.74, 6) is -0.569. The van der Waals surface area contributed by atoms with Crippen LogP contribution >= 0.6 is 23.4 Å². The van der Waals surface area contributed by atoms with Crippen LogP contribution in [-0.4, -0.2) is 35.4 Å². The lowest BCUT2D eigenvalue weighted by Crippen LogP contribution is -2.27. The Balaban J connectivity index is 1.83. The summed E-state index contributed by atoms with van der Waals surface area (Å²) in [6.07, 6.45) is 1.46. The SMILES string of the molecule is CCOc1cc(/C=C2/SC(=O)N(c3cccc(Cl)c3)C2=O)ccc1OCCC(=O)O. The number of benzene rings is 2. The molecule has 1 N–H and O–H groups in total. The maximum atomic E-state index is 12.8. The number of hydrogen-bond donors (Lipinski definition) is 1. The van der Waals surface area contributed by atoms with Gasteiger partial charge in [0.1, 0.15) is 0 Å². The lowest BCUT2D eigenvalue weighted by atomic mass is 10.1. The molecule has 9 heteroatoms. The second kappa shape index (κ2) is 9.69. The van der Waals surface area contributed by atoms with Gasteiger partial charge in [-0.05, 0) is 60.7 Å². The normalized spacial score (nSPS) is 15.0. The Labute approximate surface area is 182 Å². The van der Waals surface area contributed by atoms with Crippen molar-refractivity contribution < 1.29 is 29.0 Å². The lowest BCUT2D eigenvalue weighted by Gasteiger charge is -2.13. The van der Waals surface area contributed by atoms with Gasteiger partial charge in [-0.1, -0.05) is 23.7 Å². The topological polar surface area (TPSA) is 93.1 Å². The number of halogens is 1. The summed E-state index contributed by atoms with van der Waals surface area (Å²) in [4.78, 5) is 37.2. The highest BCUT2D eigenvalue weighted by atomic mass is 35.5. The number of carboxylic acids is 1. The van der Waals surface area contributed by atoms with Gasteiger partial charge >= 0.3 is 5.97 Å². The van der Waals surface area contributed by atoms with Crippen molar-refractivity contribution in [2.75, 3.05) is 18.1 Å². The molecule has 1 aliphatic heterocycles. The van der Waals surface area contributed by atoms with E-state index in [1.54, 1.807) is 48.5 Å². The zero-order chi connectivity index (χ0) is 21.7. The summed E-state index contributed by atoms with van der Waals surface area (Å²) in [6, 6.07) is 11.5. The average molecular weight is 448 g/mol. The first kappa shape index (κ1) is 21.7. The Morgan fingerprint density at radius 3 is 2.67 bits per heavy atom. The van der Waals surface area contributed by atoms with Crippen molar-refractivity contribution in [1.29, 1.82) is 0 Å². The van der Waals surface area contributed by atoms with Crippen LogP contribution < -0.4 is 14.4 Å². The first-order valence-corrected chi connectivity index (χ1v) is 10.2. The molecule has 2 amide bonds. The molecular weight excluding hydrogens is 430 g/mol. The summed E-state index contributed by atoms with van der Waals surface area (Å²) in [5.41, 5.74) is 1.05. The summed E-state index contributed by atoms with van der Waals surface area (Å²) >= 11 is 6.81. The van der Waals surface area contributed by atoms with E-state index >= 15 is 0 Å². The van der Waals surface area contributed by atoms with Crippen molar-refractivity contribution in [1.82, 2.24) is 0 Å². The Kier molecular flexibility index (Phi) is 7.02. The first-order chi connectivity index (χ1) is 14.4. The van der Waals surface area contributed by atoms with Crippen LogP contribution in [0.15, 0.2) is 47.4 Å². The molecule has 0 saturated carbocycles. The number of nitrogens with zero attached hydrogens (tertiary/aromatic N) is 1. The number of aliphatic carboxylic acids is 1. The fourth-order valence-corrected chi connectivity index (χ4v) is 3.73. The standard InChI is InChI=1S/C21H18ClNO6S/c1-2-28-17-10-13(6-7-16(17)29-9-8-19(24)25)11-18-20(26)23(21(27)30-18)15-5-3-4-14(22)12-15/h3-7,10-12H,2,8-9H2,1H3,(H,24,25)/b18-11+. The van der Waals surface area contributed by atoms with Crippen LogP contribution in [0.5, 0.6) is 11.5 Å². The van der Waals surface area contributed by atoms with Crippen molar-refractivity contribution in [2.24, 2.45) is 0 Å². The molecule has 1 heterocycles. The number of hydrogen-bond acceptors (Lipinski definition) is 6. The monoisotopic (exact) mass is 447 g/mol. The second-order valence-electron chi connectivity index (χ2n) is 6.13. The molecule has 1 fully saturated rings. The molecule has 1 saturated heterocycles. The Bertz CT molecular complexity index is 1020. The van der Waals surface area contributed by atoms with E-state index in [-0.39, 0.29) is 17.9 Å². The predicted octanol–water partition coefficient (Wildman–Crippen LogP) is 4.83. The van der Waals surface area contributed by atoms with Crippen LogP contribution in [0.1, 0.15) is 18.9 Å². The number of imide groups is 1. The summed E-state index contributed by atoms with van der Waals surface area (Å²) < 4.78 is 11.0. The molecule has 0 aromatic heterocycles. The lowest BCUT2D eigenvalue weighted by molar-refractivity contribution is -0.137. The van der Waals surface area contributed by atoms with Gasteiger partial charge in [-0.3, -0.25) is 14.4 Å². The van der Waals surface area contributed by atoms with Gasteiger partial charge in [0, 0.05) is 5.02 Å². The zero-order valence-corrected chi connectivity index (χ0v) is 17.5. The third kappa shape index (κ3) is 5.14. The Morgan fingerprint density at radius 1 is 1.17 bits per heavy atom. The van der Waals surface area contributed by atoms with E-state index in [2.05, 4.69) is 0 Å². The molecule has 0 radical (unpaired) electrons. The molecule has 0 unspecified atom stereocenters. The van der Waals surface area contributed by atoms with Gasteiger partial charge in [0.05, 0.1) is 30.2 Å². The molecule has 30 heavy (non-hydrogen) atoms. The zero-order valence-electron chi connectivity index (χ0n) is 16.0. The molecule has 3 rings (SSSR count). The number of ether oxygens (including phenoxy) is 2. The maximum Gasteiger partial charge on any atom is 0.306 e. The Morgan fingerprint density at radius 2 is 1.97 bits per heavy atom. The van der Waals surface area contributed by atoms with Crippen molar-refractivity contribution in [3.8, 4) is 11.5 Å². The molecule has 0 aliphatic carbocycles. The van der Waals surface area contributed by atoms with E-state index in [1.807, 2.05) is 6.92 Å². The van der Waals surface area contributed by atoms with Crippen LogP contribution in [-0.2, 0) is 9.59 Å². The van der Waals surface area contributed by atoms with E-state index in [1.165, 1.54) is 0 Å². The number of rotatable bonds is 8. The third-order valence-corrected chi connectivity index (χ3v) is 5.10. The summed E-state index contributed by atoms with van der Waals surface area (Å²) in [7, 11) is 0. The van der Waals surface area contributed by atoms with E-state index in [9.17, 15) is 14.4 Å². The van der Waals surface area contributed by atoms with Crippen LogP contribution in [0.4, 0.5) is 10.5 Å². The second-order valence-corrected chi connectivity index (χ2v) is 7.56. The van der Waals surface area contributed by atoms with Gasteiger partial charge in [0.25, 0.3) is 11.1 Å². The number of carbonyl (C=O) groups is 3. The van der Waals surface area contributed by atoms with Crippen LogP contribution in [0, 0.1) is 0 Å². The number of amides is 2. The highest BCUT2D eigenvalue weighted by Gasteiger charge is 2.36. The fourth-order valence-electron chi connectivity index (χ4n) is 2.71. The fraction of sp³-hybridized carbons (Fsp3) is 0.190. The van der Waals surface area contributed by atoms with Gasteiger partial charge in [-0.15, -0.1) is 0 Å². The van der Waals surface area contributed by atoms with Gasteiger partial charge < -0.3 is 14.6 Å². The van der Waals surface area contributed by atoms with E-state index in [4.69, 9.17) is 26.2 Å². The maximum absolute atomic E-state index is 12.8. The number of thioether (sulfide) groups is 1. The van der Waals surface area contributed by atoms with Crippen LogP contribution in [0.3, 0.4) is 0 Å². The number of carboxylic acid groups (broad SMARTS) is 1. The molecule has 0 spiro atoms. The molecule has 2 aromatic rings. The smallest absolute Gasteiger partial charge is 0.306 e. The van der Waals surface area contributed by atoms with Crippen molar-refractivity contribution in [3.05, 3.63) is 58.0 Å². The summed E-state index contributed by atoms with van der Waals surface area (Å²) in [5, 5.41) is 8.76. The van der Waals surface area contributed by atoms with E-state index < -0.39 is 17.1 Å². The average Bonchev–Trinajstić information content (AvgIpc) is 2.96. The van der Waals surface area contributed by atoms with Crippen molar-refractivity contribution >= 4 is 52.2 Å². The molecule has 7 nitrogen and oxygen atoms in total. The molecule has 0 bridgehead atoms. The Hall–Kier alpha value is -2.97. The summed E-state index contributed by atoms with van der Waals surface area (Å²) in [6.45, 7) is 2.20. The van der Waals surface area contributed by atoms with E-state index in [0.29, 0.717) is 34.4 Å². The van der Waals surface area contributed by atoms with Gasteiger partial charge in [0.2, 0.25) is 0 Å². The molecule has 156 valence electrons. The third-order valence-electron chi connectivity index (χ3n) is 4.00. The minimum Gasteiger partial charge on any atom is -0.490 e. The highest BCUT2D eigenvalue weighted by Crippen LogP contribution is 2.37. The minimum atomic E-state index is -0.958. The minimum absolute atomic E-state index is 0.00722. The first-order valence-electron chi connectivity index (χ1n) is 9.04. The van der Waals surface area contributed by atoms with Gasteiger partial charge in [0.15, 0.2) is 11.5 Å². The number of anilines is 1. The molecule has 2 aromatic carbocycles. The molecular formula is C21H18ClNO6S. The van der Waals surface area contributed by atoms with Crippen molar-refractivity contribution in [3.63, 3.8) is 0 Å². The van der Waals surface area contributed by atoms with Gasteiger partial charge in [-0.2, -0.15) is 0 Å². The number of carbonyl (C=O) groups excluding carboxylic acids is 2. The van der Waals surface area contributed by atoms with E-state index in [0.717, 1.165) is 16.7 Å². The van der Waals surface area contributed by atoms with Gasteiger partial charge in [-0.25, -0.2) is 4.90 Å². The predicted molar refractivity (Wildman–Crippen MR) is 115 cm³/mol.